The minimum atomic E-state index is -0.771. The van der Waals surface area contributed by atoms with Gasteiger partial charge in [-0.2, -0.15) is 0 Å². The molecular weight excluding hydrogens is 352 g/mol. The van der Waals surface area contributed by atoms with Gasteiger partial charge in [-0.15, -0.1) is 0 Å². The lowest BCUT2D eigenvalue weighted by molar-refractivity contribution is 0.101. The molecule has 22 heavy (non-hydrogen) atoms. The van der Waals surface area contributed by atoms with Crippen LogP contribution < -0.4 is 4.90 Å². The van der Waals surface area contributed by atoms with Gasteiger partial charge in [0.1, 0.15) is 11.6 Å². The smallest absolute Gasteiger partial charge is 0.265 e. The fourth-order valence-corrected chi connectivity index (χ4v) is 3.05. The normalized spacial score (nSPS) is 13.7. The Balaban J connectivity index is 2.20. The summed E-state index contributed by atoms with van der Waals surface area (Å²) in [6, 6.07) is 4.93. The Morgan fingerprint density at radius 1 is 1.09 bits per heavy atom. The Morgan fingerprint density at radius 2 is 1.77 bits per heavy atom. The molecule has 1 aliphatic heterocycles. The van der Waals surface area contributed by atoms with E-state index in [2.05, 4.69) is 6.58 Å². The van der Waals surface area contributed by atoms with Crippen molar-refractivity contribution in [2.24, 2.45) is 0 Å². The number of benzene rings is 2. The standard InChI is InChI=1S/C15H7Cl3FNO2/c1-6-8-2-7(16)3-10(18)14(8)15(22)20(6)12-5-13(21)9(17)4-11(12)19/h2-5,21H,1H2. The molecule has 2 aromatic rings. The molecule has 0 aliphatic carbocycles. The molecule has 1 N–H and O–H groups in total. The molecule has 1 aliphatic rings. The predicted octanol–water partition coefficient (Wildman–Crippen LogP) is 5.12. The summed E-state index contributed by atoms with van der Waals surface area (Å²) in [5.74, 6) is -1.67. The number of hydrogen-bond acceptors (Lipinski definition) is 2. The van der Waals surface area contributed by atoms with Crippen LogP contribution >= 0.6 is 34.8 Å². The number of aromatic hydroxyl groups is 1. The summed E-state index contributed by atoms with van der Waals surface area (Å²) in [5, 5.41) is 9.98. The van der Waals surface area contributed by atoms with Crippen LogP contribution in [0.5, 0.6) is 5.75 Å². The second-order valence-corrected chi connectivity index (χ2v) is 5.90. The van der Waals surface area contributed by atoms with Crippen molar-refractivity contribution in [3.63, 3.8) is 0 Å². The minimum Gasteiger partial charge on any atom is -0.506 e. The highest BCUT2D eigenvalue weighted by Gasteiger charge is 2.36. The number of phenolic OH excluding ortho intramolecular Hbond substituents is 1. The molecule has 0 unspecified atom stereocenters. The van der Waals surface area contributed by atoms with Crippen molar-refractivity contribution in [1.29, 1.82) is 0 Å². The zero-order valence-corrected chi connectivity index (χ0v) is 13.1. The van der Waals surface area contributed by atoms with E-state index in [9.17, 15) is 14.3 Å². The van der Waals surface area contributed by atoms with Gasteiger partial charge in [0.05, 0.1) is 27.0 Å². The average Bonchev–Trinajstić information content (AvgIpc) is 2.66. The van der Waals surface area contributed by atoms with Gasteiger partial charge in [0.25, 0.3) is 5.91 Å². The highest BCUT2D eigenvalue weighted by molar-refractivity contribution is 6.40. The van der Waals surface area contributed by atoms with Crippen LogP contribution in [0.2, 0.25) is 15.1 Å². The highest BCUT2D eigenvalue weighted by atomic mass is 35.5. The van der Waals surface area contributed by atoms with E-state index < -0.39 is 11.7 Å². The first-order chi connectivity index (χ1) is 10.3. The predicted molar refractivity (Wildman–Crippen MR) is 85.4 cm³/mol. The zero-order chi connectivity index (χ0) is 16.2. The molecule has 0 fully saturated rings. The number of nitrogens with zero attached hydrogens (tertiary/aromatic N) is 1. The number of fused-ring (bicyclic) bond motifs is 1. The number of anilines is 1. The second kappa shape index (κ2) is 5.16. The lowest BCUT2D eigenvalue weighted by Crippen LogP contribution is -2.23. The van der Waals surface area contributed by atoms with Gasteiger partial charge in [-0.05, 0) is 18.2 Å². The maximum absolute atomic E-state index is 14.1. The topological polar surface area (TPSA) is 40.5 Å². The van der Waals surface area contributed by atoms with E-state index >= 15 is 0 Å². The van der Waals surface area contributed by atoms with Gasteiger partial charge >= 0.3 is 0 Å². The maximum Gasteiger partial charge on any atom is 0.265 e. The van der Waals surface area contributed by atoms with Gasteiger partial charge in [0.15, 0.2) is 0 Å². The molecule has 0 aromatic heterocycles. The van der Waals surface area contributed by atoms with Crippen LogP contribution in [0.15, 0.2) is 30.8 Å². The summed E-state index contributed by atoms with van der Waals surface area (Å²) in [7, 11) is 0. The van der Waals surface area contributed by atoms with Gasteiger partial charge in [0, 0.05) is 16.7 Å². The summed E-state index contributed by atoms with van der Waals surface area (Å²) >= 11 is 17.6. The van der Waals surface area contributed by atoms with Crippen molar-refractivity contribution in [2.45, 2.75) is 0 Å². The molecule has 0 radical (unpaired) electrons. The molecule has 0 atom stereocenters. The average molecular weight is 359 g/mol. The highest BCUT2D eigenvalue weighted by Crippen LogP contribution is 2.43. The first-order valence-corrected chi connectivity index (χ1v) is 7.15. The Labute approximate surface area is 140 Å². The third-order valence-electron chi connectivity index (χ3n) is 3.31. The van der Waals surface area contributed by atoms with Crippen molar-refractivity contribution >= 4 is 52.1 Å². The SMILES string of the molecule is C=C1c2cc(Cl)cc(Cl)c2C(=O)N1c1cc(O)c(Cl)cc1F. The third kappa shape index (κ3) is 2.15. The molecular formula is C15H7Cl3FNO2. The van der Waals surface area contributed by atoms with Crippen molar-refractivity contribution in [3.05, 3.63) is 62.9 Å². The molecule has 0 saturated heterocycles. The van der Waals surface area contributed by atoms with E-state index in [-0.39, 0.29) is 32.7 Å². The van der Waals surface area contributed by atoms with Gasteiger partial charge in [-0.25, -0.2) is 4.39 Å². The largest absolute Gasteiger partial charge is 0.506 e. The molecule has 7 heteroatoms. The van der Waals surface area contributed by atoms with E-state index in [1.165, 1.54) is 12.1 Å². The van der Waals surface area contributed by atoms with E-state index in [4.69, 9.17) is 34.8 Å². The van der Waals surface area contributed by atoms with Crippen LogP contribution in [0.4, 0.5) is 10.1 Å². The summed E-state index contributed by atoms with van der Waals surface area (Å²) < 4.78 is 14.1. The number of hydrogen-bond donors (Lipinski definition) is 1. The Kier molecular flexibility index (Phi) is 3.56. The zero-order valence-electron chi connectivity index (χ0n) is 10.8. The number of carbonyl (C=O) groups excluding carboxylic acids is 1. The quantitative estimate of drug-likeness (QED) is 0.768. The van der Waals surface area contributed by atoms with Gasteiger partial charge in [0.2, 0.25) is 0 Å². The molecule has 2 aromatic carbocycles. The summed E-state index contributed by atoms with van der Waals surface area (Å²) in [5.41, 5.74) is 0.645. The maximum atomic E-state index is 14.1. The monoisotopic (exact) mass is 357 g/mol. The van der Waals surface area contributed by atoms with Gasteiger partial charge < -0.3 is 5.11 Å². The van der Waals surface area contributed by atoms with Crippen LogP contribution in [0.25, 0.3) is 5.70 Å². The Hall–Kier alpha value is -1.75. The number of phenols is 1. The molecule has 3 rings (SSSR count). The first kappa shape index (κ1) is 15.2. The van der Waals surface area contributed by atoms with E-state index in [1.807, 2.05) is 0 Å². The molecule has 0 spiro atoms. The second-order valence-electron chi connectivity index (χ2n) is 4.65. The number of carbonyl (C=O) groups is 1. The van der Waals surface area contributed by atoms with Crippen LogP contribution in [-0.4, -0.2) is 11.0 Å². The number of halogens is 4. The fraction of sp³-hybridized carbons (Fsp3) is 0. The van der Waals surface area contributed by atoms with Crippen molar-refractivity contribution < 1.29 is 14.3 Å². The Bertz CT molecular complexity index is 851. The van der Waals surface area contributed by atoms with Crippen LogP contribution in [-0.2, 0) is 0 Å². The van der Waals surface area contributed by atoms with Gasteiger partial charge in [-0.1, -0.05) is 41.4 Å². The summed E-state index contributed by atoms with van der Waals surface area (Å²) in [4.78, 5) is 13.6. The van der Waals surface area contributed by atoms with E-state index in [0.717, 1.165) is 17.0 Å². The lowest BCUT2D eigenvalue weighted by Gasteiger charge is -2.18. The fourth-order valence-electron chi connectivity index (χ4n) is 2.33. The van der Waals surface area contributed by atoms with E-state index in [1.54, 1.807) is 0 Å². The van der Waals surface area contributed by atoms with E-state index in [0.29, 0.717) is 10.6 Å². The van der Waals surface area contributed by atoms with Crippen LogP contribution in [0, 0.1) is 5.82 Å². The molecule has 3 nitrogen and oxygen atoms in total. The number of amides is 1. The van der Waals surface area contributed by atoms with Crippen molar-refractivity contribution in [2.75, 3.05) is 4.90 Å². The molecule has 1 amide bonds. The Morgan fingerprint density at radius 3 is 2.45 bits per heavy atom. The first-order valence-electron chi connectivity index (χ1n) is 6.02. The molecule has 0 saturated carbocycles. The minimum absolute atomic E-state index is 0.148. The molecule has 1 heterocycles. The van der Waals surface area contributed by atoms with Crippen LogP contribution in [0.3, 0.4) is 0 Å². The van der Waals surface area contributed by atoms with Crippen molar-refractivity contribution in [3.8, 4) is 5.75 Å². The van der Waals surface area contributed by atoms with Crippen molar-refractivity contribution in [1.82, 2.24) is 0 Å². The third-order valence-corrected chi connectivity index (χ3v) is 4.13. The molecule has 0 bridgehead atoms. The summed E-state index contributed by atoms with van der Waals surface area (Å²) in [6.07, 6.45) is 0. The molecule has 112 valence electrons. The number of rotatable bonds is 1. The van der Waals surface area contributed by atoms with Gasteiger partial charge in [-0.3, -0.25) is 9.69 Å². The summed E-state index contributed by atoms with van der Waals surface area (Å²) in [6.45, 7) is 3.79. The van der Waals surface area contributed by atoms with Crippen LogP contribution in [0.1, 0.15) is 15.9 Å². The lowest BCUT2D eigenvalue weighted by atomic mass is 10.1.